The normalized spacial score (nSPS) is 16.4. The number of hydrogen-bond donors (Lipinski definition) is 2. The highest BCUT2D eigenvalue weighted by atomic mass is 35.5. The first kappa shape index (κ1) is 12.4. The van der Waals surface area contributed by atoms with E-state index in [-0.39, 0.29) is 0 Å². The maximum Gasteiger partial charge on any atom is 0.245 e. The molecule has 1 fully saturated rings. The summed E-state index contributed by atoms with van der Waals surface area (Å²) in [5.74, 6) is 1.47. The molecular weight excluding hydrogens is 262 g/mol. The standard InChI is InChI=1S/C13H16ClN5/c14-11-5-2-1-4-10(11)12-16-13(18-17-12)19-8-3-6-15-7-9-19/h1-2,4-5,15H,3,6-9H2,(H,16,17,18). The molecule has 0 amide bonds. The van der Waals surface area contributed by atoms with Crippen LogP contribution in [-0.4, -0.2) is 41.4 Å². The van der Waals surface area contributed by atoms with E-state index >= 15 is 0 Å². The quantitative estimate of drug-likeness (QED) is 0.881. The monoisotopic (exact) mass is 277 g/mol. The fraction of sp³-hybridized carbons (Fsp3) is 0.385. The Morgan fingerprint density at radius 3 is 2.95 bits per heavy atom. The molecule has 1 aromatic carbocycles. The lowest BCUT2D eigenvalue weighted by Crippen LogP contribution is -2.28. The number of H-pyrrole nitrogens is 1. The number of aromatic amines is 1. The molecule has 100 valence electrons. The van der Waals surface area contributed by atoms with Crippen LogP contribution >= 0.6 is 11.6 Å². The topological polar surface area (TPSA) is 56.8 Å². The Morgan fingerprint density at radius 1 is 1.16 bits per heavy atom. The molecule has 2 N–H and O–H groups in total. The lowest BCUT2D eigenvalue weighted by atomic mass is 10.2. The Kier molecular flexibility index (Phi) is 3.66. The summed E-state index contributed by atoms with van der Waals surface area (Å²) in [5.41, 5.74) is 0.885. The molecule has 1 aliphatic rings. The molecule has 19 heavy (non-hydrogen) atoms. The first-order valence-corrected chi connectivity index (χ1v) is 6.85. The highest BCUT2D eigenvalue weighted by molar-refractivity contribution is 6.33. The fourth-order valence-electron chi connectivity index (χ4n) is 2.21. The van der Waals surface area contributed by atoms with Crippen LogP contribution < -0.4 is 10.2 Å². The van der Waals surface area contributed by atoms with Crippen LogP contribution in [0.2, 0.25) is 5.02 Å². The second-order valence-corrected chi connectivity index (χ2v) is 4.96. The third-order valence-corrected chi connectivity index (χ3v) is 3.56. The van der Waals surface area contributed by atoms with Crippen molar-refractivity contribution in [2.24, 2.45) is 0 Å². The lowest BCUT2D eigenvalue weighted by molar-refractivity contribution is 0.724. The molecule has 2 heterocycles. The van der Waals surface area contributed by atoms with Gasteiger partial charge in [0, 0.05) is 25.2 Å². The van der Waals surface area contributed by atoms with Gasteiger partial charge in [0.15, 0.2) is 5.82 Å². The molecule has 0 atom stereocenters. The minimum Gasteiger partial charge on any atom is -0.338 e. The van der Waals surface area contributed by atoms with Crippen LogP contribution in [0.25, 0.3) is 11.4 Å². The van der Waals surface area contributed by atoms with E-state index < -0.39 is 0 Å². The average molecular weight is 278 g/mol. The Morgan fingerprint density at radius 2 is 2.05 bits per heavy atom. The Bertz CT molecular complexity index is 545. The molecule has 1 saturated heterocycles. The van der Waals surface area contributed by atoms with E-state index in [2.05, 4.69) is 25.4 Å². The van der Waals surface area contributed by atoms with E-state index in [0.29, 0.717) is 5.02 Å². The fourth-order valence-corrected chi connectivity index (χ4v) is 2.44. The van der Waals surface area contributed by atoms with Gasteiger partial charge in [-0.1, -0.05) is 23.7 Å². The van der Waals surface area contributed by atoms with Crippen LogP contribution in [0, 0.1) is 0 Å². The third kappa shape index (κ3) is 2.72. The molecule has 0 radical (unpaired) electrons. The van der Waals surface area contributed by atoms with Crippen LogP contribution in [0.3, 0.4) is 0 Å². The summed E-state index contributed by atoms with van der Waals surface area (Å²) in [6, 6.07) is 7.65. The molecule has 2 aromatic rings. The van der Waals surface area contributed by atoms with E-state index in [1.54, 1.807) is 0 Å². The first-order chi connectivity index (χ1) is 9.34. The number of aromatic nitrogens is 3. The SMILES string of the molecule is Clc1ccccc1-c1nc(N2CCCNCC2)n[nH]1. The van der Waals surface area contributed by atoms with Crippen molar-refractivity contribution < 1.29 is 0 Å². The van der Waals surface area contributed by atoms with Crippen molar-refractivity contribution in [1.82, 2.24) is 20.5 Å². The minimum absolute atomic E-state index is 0.683. The van der Waals surface area contributed by atoms with E-state index in [4.69, 9.17) is 11.6 Å². The number of hydrogen-bond acceptors (Lipinski definition) is 4. The van der Waals surface area contributed by atoms with Gasteiger partial charge in [0.25, 0.3) is 0 Å². The Labute approximate surface area is 117 Å². The van der Waals surface area contributed by atoms with Crippen molar-refractivity contribution >= 4 is 17.5 Å². The molecule has 0 spiro atoms. The first-order valence-electron chi connectivity index (χ1n) is 6.47. The van der Waals surface area contributed by atoms with Crippen molar-refractivity contribution in [3.8, 4) is 11.4 Å². The van der Waals surface area contributed by atoms with Crippen molar-refractivity contribution in [3.05, 3.63) is 29.3 Å². The average Bonchev–Trinajstić information content (AvgIpc) is 2.75. The summed E-state index contributed by atoms with van der Waals surface area (Å²) < 4.78 is 0. The Balaban J connectivity index is 1.85. The third-order valence-electron chi connectivity index (χ3n) is 3.23. The van der Waals surface area contributed by atoms with Gasteiger partial charge in [0.1, 0.15) is 0 Å². The van der Waals surface area contributed by atoms with Gasteiger partial charge in [-0.15, -0.1) is 5.10 Å². The van der Waals surface area contributed by atoms with E-state index in [0.717, 1.165) is 49.9 Å². The lowest BCUT2D eigenvalue weighted by Gasteiger charge is -2.16. The summed E-state index contributed by atoms with van der Waals surface area (Å²) in [5, 5.41) is 11.3. The van der Waals surface area contributed by atoms with Crippen LogP contribution in [0.15, 0.2) is 24.3 Å². The molecule has 1 aliphatic heterocycles. The van der Waals surface area contributed by atoms with Crippen LogP contribution in [-0.2, 0) is 0 Å². The van der Waals surface area contributed by atoms with Crippen LogP contribution in [0.1, 0.15) is 6.42 Å². The number of halogens is 1. The predicted molar refractivity (Wildman–Crippen MR) is 76.5 cm³/mol. The molecule has 5 nitrogen and oxygen atoms in total. The number of nitrogens with one attached hydrogen (secondary N) is 2. The molecule has 3 rings (SSSR count). The van der Waals surface area contributed by atoms with Gasteiger partial charge >= 0.3 is 0 Å². The zero-order valence-corrected chi connectivity index (χ0v) is 11.3. The molecule has 0 bridgehead atoms. The number of nitrogens with zero attached hydrogens (tertiary/aromatic N) is 3. The van der Waals surface area contributed by atoms with Crippen LogP contribution in [0.4, 0.5) is 5.95 Å². The smallest absolute Gasteiger partial charge is 0.245 e. The van der Waals surface area contributed by atoms with Gasteiger partial charge in [0.05, 0.1) is 5.02 Å². The number of benzene rings is 1. The summed E-state index contributed by atoms with van der Waals surface area (Å²) in [6.07, 6.45) is 1.11. The van der Waals surface area contributed by atoms with Gasteiger partial charge in [-0.3, -0.25) is 5.10 Å². The molecule has 0 unspecified atom stereocenters. The second-order valence-electron chi connectivity index (χ2n) is 4.55. The number of anilines is 1. The van der Waals surface area contributed by atoms with Crippen molar-refractivity contribution in [1.29, 1.82) is 0 Å². The zero-order chi connectivity index (χ0) is 13.1. The maximum absolute atomic E-state index is 6.17. The van der Waals surface area contributed by atoms with Gasteiger partial charge in [0.2, 0.25) is 5.95 Å². The summed E-state index contributed by atoms with van der Waals surface area (Å²) >= 11 is 6.17. The van der Waals surface area contributed by atoms with Gasteiger partial charge in [-0.25, -0.2) is 0 Å². The van der Waals surface area contributed by atoms with Crippen molar-refractivity contribution in [2.75, 3.05) is 31.1 Å². The van der Waals surface area contributed by atoms with E-state index in [1.807, 2.05) is 24.3 Å². The maximum atomic E-state index is 6.17. The second kappa shape index (κ2) is 5.59. The molecular formula is C13H16ClN5. The van der Waals surface area contributed by atoms with Gasteiger partial charge in [-0.05, 0) is 25.1 Å². The van der Waals surface area contributed by atoms with E-state index in [1.165, 1.54) is 0 Å². The zero-order valence-electron chi connectivity index (χ0n) is 10.6. The summed E-state index contributed by atoms with van der Waals surface area (Å²) in [6.45, 7) is 3.93. The molecule has 1 aromatic heterocycles. The van der Waals surface area contributed by atoms with Crippen LogP contribution in [0.5, 0.6) is 0 Å². The number of rotatable bonds is 2. The predicted octanol–water partition coefficient (Wildman–Crippen LogP) is 1.92. The molecule has 0 aliphatic carbocycles. The Hall–Kier alpha value is -1.59. The highest BCUT2D eigenvalue weighted by Crippen LogP contribution is 2.25. The van der Waals surface area contributed by atoms with Crippen molar-refractivity contribution in [3.63, 3.8) is 0 Å². The molecule has 6 heteroatoms. The van der Waals surface area contributed by atoms with Crippen molar-refractivity contribution in [2.45, 2.75) is 6.42 Å². The van der Waals surface area contributed by atoms with Gasteiger partial charge < -0.3 is 10.2 Å². The minimum atomic E-state index is 0.683. The van der Waals surface area contributed by atoms with E-state index in [9.17, 15) is 0 Å². The summed E-state index contributed by atoms with van der Waals surface area (Å²) in [7, 11) is 0. The largest absolute Gasteiger partial charge is 0.338 e. The van der Waals surface area contributed by atoms with Gasteiger partial charge in [-0.2, -0.15) is 4.98 Å². The molecule has 0 saturated carbocycles. The highest BCUT2D eigenvalue weighted by Gasteiger charge is 2.15. The summed E-state index contributed by atoms with van der Waals surface area (Å²) in [4.78, 5) is 6.75.